The Morgan fingerprint density at radius 3 is 2.54 bits per heavy atom. The molecule has 0 spiro atoms. The van der Waals surface area contributed by atoms with Crippen LogP contribution in [-0.2, 0) is 10.0 Å². The minimum absolute atomic E-state index is 0.102. The van der Waals surface area contributed by atoms with Gasteiger partial charge in [-0.05, 0) is 37.1 Å². The zero-order chi connectivity index (χ0) is 18.7. The number of sulfonamides is 1. The van der Waals surface area contributed by atoms with Gasteiger partial charge in [0.05, 0.1) is 10.6 Å². The summed E-state index contributed by atoms with van der Waals surface area (Å²) >= 11 is 5.99. The summed E-state index contributed by atoms with van der Waals surface area (Å²) in [6.45, 7) is 0. The first-order valence-electron chi connectivity index (χ1n) is 7.79. The van der Waals surface area contributed by atoms with Crippen molar-refractivity contribution < 1.29 is 17.9 Å². The number of halogens is 1. The van der Waals surface area contributed by atoms with Crippen LogP contribution in [0.15, 0.2) is 65.9 Å². The van der Waals surface area contributed by atoms with Crippen LogP contribution < -0.4 is 9.45 Å². The third-order valence-electron chi connectivity index (χ3n) is 3.81. The van der Waals surface area contributed by atoms with Gasteiger partial charge in [0, 0.05) is 28.3 Å². The first kappa shape index (κ1) is 18.2. The van der Waals surface area contributed by atoms with Crippen molar-refractivity contribution in [2.75, 3.05) is 4.72 Å². The predicted molar refractivity (Wildman–Crippen MR) is 99.3 cm³/mol. The molecule has 1 aromatic heterocycles. The van der Waals surface area contributed by atoms with E-state index in [0.29, 0.717) is 16.2 Å². The second kappa shape index (κ2) is 7.31. The summed E-state index contributed by atoms with van der Waals surface area (Å²) in [5.41, 5.74) is 0.472. The maximum absolute atomic E-state index is 12.8. The normalized spacial score (nSPS) is 14.0. The average molecular weight is 391 g/mol. The Morgan fingerprint density at radius 1 is 1.15 bits per heavy atom. The molecule has 8 heteroatoms. The lowest BCUT2D eigenvalue weighted by Gasteiger charge is -2.14. The Morgan fingerprint density at radius 2 is 1.88 bits per heavy atom. The van der Waals surface area contributed by atoms with Gasteiger partial charge >= 0.3 is 0 Å². The molecule has 3 rings (SSSR count). The molecule has 0 aliphatic heterocycles. The molecular weight excluding hydrogens is 376 g/mol. The molecule has 6 nitrogen and oxygen atoms in total. The fourth-order valence-corrected chi connectivity index (χ4v) is 3.88. The van der Waals surface area contributed by atoms with Gasteiger partial charge in [0.1, 0.15) is 0 Å². The second-order valence-corrected chi connectivity index (χ2v) is 7.78. The molecule has 0 saturated carbocycles. The number of carbonyl (C=O) groups excluding carboxylic acids is 1. The number of ketones is 1. The number of rotatable bonds is 5. The molecule has 26 heavy (non-hydrogen) atoms. The quantitative estimate of drug-likeness (QED) is 0.482. The lowest BCUT2D eigenvalue weighted by Crippen LogP contribution is -2.24. The summed E-state index contributed by atoms with van der Waals surface area (Å²) in [6, 6.07) is 7.06. The molecular formula is C18H15ClN2O4S. The number of hydrogen-bond donors (Lipinski definition) is 1. The van der Waals surface area contributed by atoms with Crippen LogP contribution in [0.2, 0.25) is 5.02 Å². The van der Waals surface area contributed by atoms with E-state index < -0.39 is 15.8 Å². The highest BCUT2D eigenvalue weighted by Gasteiger charge is 2.21. The van der Waals surface area contributed by atoms with E-state index in [1.165, 1.54) is 48.8 Å². The molecule has 1 aliphatic rings. The Kier molecular flexibility index (Phi) is 5.11. The van der Waals surface area contributed by atoms with Crippen molar-refractivity contribution in [2.45, 2.75) is 12.8 Å². The van der Waals surface area contributed by atoms with Crippen molar-refractivity contribution in [3.8, 4) is 0 Å². The molecule has 1 aromatic carbocycles. The summed E-state index contributed by atoms with van der Waals surface area (Å²) in [6.07, 6.45) is 8.76. The number of carbonyl (C=O) groups is 1. The van der Waals surface area contributed by atoms with Gasteiger partial charge in [-0.25, -0.2) is 8.42 Å². The number of nitrogens with one attached hydrogen (secondary N) is 1. The van der Waals surface area contributed by atoms with Crippen molar-refractivity contribution in [3.05, 3.63) is 87.2 Å². The number of anilines is 1. The molecule has 0 saturated heterocycles. The summed E-state index contributed by atoms with van der Waals surface area (Å²) in [5, 5.41) is 11.4. The van der Waals surface area contributed by atoms with Crippen LogP contribution in [0.25, 0.3) is 0 Å². The Hall–Kier alpha value is -2.64. The van der Waals surface area contributed by atoms with Gasteiger partial charge in [-0.1, -0.05) is 23.8 Å². The molecule has 0 atom stereocenters. The fraction of sp³-hybridized carbons (Fsp3) is 0.111. The van der Waals surface area contributed by atoms with Crippen molar-refractivity contribution in [1.82, 2.24) is 0 Å². The molecule has 2 aromatic rings. The summed E-state index contributed by atoms with van der Waals surface area (Å²) in [5.74, 6) is -0.445. The van der Waals surface area contributed by atoms with E-state index in [-0.39, 0.29) is 21.7 Å². The predicted octanol–water partition coefficient (Wildman–Crippen LogP) is 3.18. The topological polar surface area (TPSA) is 90.2 Å². The lowest BCUT2D eigenvalue weighted by atomic mass is 10.0. The van der Waals surface area contributed by atoms with Gasteiger partial charge in [-0.3, -0.25) is 9.52 Å². The van der Waals surface area contributed by atoms with Gasteiger partial charge in [0.15, 0.2) is 18.2 Å². The SMILES string of the molecule is O=C(c1cc[n+]([O-])cc1)c1cc(Cl)ccc1NS(=O)(=O)C1=CCCC=C1. The van der Waals surface area contributed by atoms with Crippen LogP contribution in [0.4, 0.5) is 5.69 Å². The minimum Gasteiger partial charge on any atom is -0.619 e. The van der Waals surface area contributed by atoms with E-state index >= 15 is 0 Å². The Balaban J connectivity index is 1.98. The molecule has 0 bridgehead atoms. The third kappa shape index (κ3) is 3.95. The number of aromatic nitrogens is 1. The molecule has 0 fully saturated rings. The smallest absolute Gasteiger partial charge is 0.261 e. The van der Waals surface area contributed by atoms with E-state index in [1.807, 2.05) is 0 Å². The summed E-state index contributed by atoms with van der Waals surface area (Å²) in [4.78, 5) is 12.9. The second-order valence-electron chi connectivity index (χ2n) is 5.66. The summed E-state index contributed by atoms with van der Waals surface area (Å²) in [7, 11) is -3.82. The number of allylic oxidation sites excluding steroid dienone is 3. The van der Waals surface area contributed by atoms with Crippen LogP contribution in [-0.4, -0.2) is 14.2 Å². The van der Waals surface area contributed by atoms with Crippen LogP contribution >= 0.6 is 11.6 Å². The maximum atomic E-state index is 12.8. The van der Waals surface area contributed by atoms with Gasteiger partial charge in [0.2, 0.25) is 0 Å². The average Bonchev–Trinajstić information content (AvgIpc) is 2.64. The highest BCUT2D eigenvalue weighted by Crippen LogP contribution is 2.26. The Bertz CT molecular complexity index is 1010. The molecule has 0 radical (unpaired) electrons. The zero-order valence-corrected chi connectivity index (χ0v) is 15.1. The largest absolute Gasteiger partial charge is 0.619 e. The first-order valence-corrected chi connectivity index (χ1v) is 9.65. The van der Waals surface area contributed by atoms with Crippen LogP contribution in [0.1, 0.15) is 28.8 Å². The van der Waals surface area contributed by atoms with E-state index in [0.717, 1.165) is 6.42 Å². The standard InChI is InChI=1S/C18H15ClN2O4S/c19-14-6-7-17(20-26(24,25)15-4-2-1-3-5-15)16(12-14)18(22)13-8-10-21(23)11-9-13/h2,4-12,20H,1,3H2. The van der Waals surface area contributed by atoms with Crippen molar-refractivity contribution in [1.29, 1.82) is 0 Å². The van der Waals surface area contributed by atoms with Crippen LogP contribution in [0.3, 0.4) is 0 Å². The molecule has 134 valence electrons. The van der Waals surface area contributed by atoms with Crippen LogP contribution in [0, 0.1) is 5.21 Å². The van der Waals surface area contributed by atoms with Gasteiger partial charge in [0.25, 0.3) is 10.0 Å². The number of benzene rings is 1. The van der Waals surface area contributed by atoms with Crippen molar-refractivity contribution in [3.63, 3.8) is 0 Å². The highest BCUT2D eigenvalue weighted by atomic mass is 35.5. The third-order valence-corrected chi connectivity index (χ3v) is 5.45. The lowest BCUT2D eigenvalue weighted by molar-refractivity contribution is -0.605. The number of nitrogens with zero attached hydrogens (tertiary/aromatic N) is 1. The Labute approximate surface area is 156 Å². The van der Waals surface area contributed by atoms with E-state index in [2.05, 4.69) is 4.72 Å². The van der Waals surface area contributed by atoms with Crippen molar-refractivity contribution >= 4 is 33.1 Å². The monoisotopic (exact) mass is 390 g/mol. The molecule has 0 unspecified atom stereocenters. The molecule has 0 amide bonds. The van der Waals surface area contributed by atoms with E-state index in [1.54, 1.807) is 12.2 Å². The van der Waals surface area contributed by atoms with Crippen molar-refractivity contribution in [2.24, 2.45) is 0 Å². The number of hydrogen-bond acceptors (Lipinski definition) is 4. The fourth-order valence-electron chi connectivity index (χ4n) is 2.51. The van der Waals surface area contributed by atoms with Gasteiger partial charge in [-0.15, -0.1) is 0 Å². The first-order chi connectivity index (χ1) is 12.4. The molecule has 1 N–H and O–H groups in total. The maximum Gasteiger partial charge on any atom is 0.261 e. The number of pyridine rings is 1. The van der Waals surface area contributed by atoms with Crippen LogP contribution in [0.5, 0.6) is 0 Å². The summed E-state index contributed by atoms with van der Waals surface area (Å²) < 4.78 is 28.2. The molecule has 1 heterocycles. The molecule has 1 aliphatic carbocycles. The van der Waals surface area contributed by atoms with Gasteiger partial charge < -0.3 is 5.21 Å². The van der Waals surface area contributed by atoms with E-state index in [9.17, 15) is 18.4 Å². The van der Waals surface area contributed by atoms with Gasteiger partial charge in [-0.2, -0.15) is 4.73 Å². The zero-order valence-electron chi connectivity index (χ0n) is 13.6. The minimum atomic E-state index is -3.82. The van der Waals surface area contributed by atoms with E-state index in [4.69, 9.17) is 11.6 Å². The highest BCUT2D eigenvalue weighted by molar-refractivity contribution is 7.96.